The van der Waals surface area contributed by atoms with Gasteiger partial charge < -0.3 is 14.7 Å². The number of hydrogen-bond acceptors (Lipinski definition) is 3. The molecule has 3 atom stereocenters. The third kappa shape index (κ3) is 2.80. The largest absolute Gasteiger partial charge is 0.337 e. The molecule has 3 aliphatic rings. The van der Waals surface area contributed by atoms with Gasteiger partial charge in [0.1, 0.15) is 6.04 Å². The number of fused-ring (bicyclic) bond motifs is 1. The lowest BCUT2D eigenvalue weighted by Gasteiger charge is -2.43. The van der Waals surface area contributed by atoms with Gasteiger partial charge in [0, 0.05) is 32.1 Å². The lowest BCUT2D eigenvalue weighted by Crippen LogP contribution is -2.55. The van der Waals surface area contributed by atoms with Crippen molar-refractivity contribution in [2.24, 2.45) is 5.92 Å². The average Bonchev–Trinajstić information content (AvgIpc) is 2.59. The molecule has 3 rings (SSSR count). The van der Waals surface area contributed by atoms with Crippen LogP contribution in [-0.2, 0) is 9.59 Å². The smallest absolute Gasteiger partial charge is 0.245 e. The lowest BCUT2D eigenvalue weighted by molar-refractivity contribution is -0.145. The molecule has 3 saturated heterocycles. The number of carbonyl (C=O) groups is 2. The Morgan fingerprint density at radius 1 is 1.00 bits per heavy atom. The minimum atomic E-state index is -0.180. The van der Waals surface area contributed by atoms with Crippen LogP contribution in [0.1, 0.15) is 39.0 Å². The monoisotopic (exact) mass is 293 g/mol. The molecule has 0 spiro atoms. The number of rotatable bonds is 1. The van der Waals surface area contributed by atoms with Crippen LogP contribution < -0.4 is 0 Å². The number of amides is 2. The summed E-state index contributed by atoms with van der Waals surface area (Å²) in [7, 11) is 2.14. The maximum atomic E-state index is 13.0. The molecule has 3 heterocycles. The highest BCUT2D eigenvalue weighted by molar-refractivity contribution is 5.90. The van der Waals surface area contributed by atoms with E-state index in [0.29, 0.717) is 24.9 Å². The standard InChI is InChI=1S/C16H27N3O2/c1-12-11-17(2)9-6-13(12)19-10-7-15(20)18-8-4-3-5-14(18)16(19)21/h12-14H,3-11H2,1-2H3. The highest BCUT2D eigenvalue weighted by Crippen LogP contribution is 2.28. The lowest BCUT2D eigenvalue weighted by atomic mass is 9.91. The van der Waals surface area contributed by atoms with Gasteiger partial charge in [-0.3, -0.25) is 9.59 Å². The summed E-state index contributed by atoms with van der Waals surface area (Å²) in [6.07, 6.45) is 4.49. The van der Waals surface area contributed by atoms with E-state index in [9.17, 15) is 9.59 Å². The zero-order chi connectivity index (χ0) is 15.0. The second-order valence-electron chi connectivity index (χ2n) is 6.98. The van der Waals surface area contributed by atoms with Gasteiger partial charge in [-0.25, -0.2) is 0 Å². The van der Waals surface area contributed by atoms with E-state index in [0.717, 1.165) is 45.3 Å². The number of likely N-dealkylation sites (tertiary alicyclic amines) is 1. The number of piperidine rings is 2. The molecule has 0 bridgehead atoms. The summed E-state index contributed by atoms with van der Waals surface area (Å²) in [5.41, 5.74) is 0. The molecule has 21 heavy (non-hydrogen) atoms. The summed E-state index contributed by atoms with van der Waals surface area (Å²) >= 11 is 0. The maximum Gasteiger partial charge on any atom is 0.245 e. The molecule has 3 aliphatic heterocycles. The van der Waals surface area contributed by atoms with E-state index in [-0.39, 0.29) is 17.9 Å². The first-order valence-electron chi connectivity index (χ1n) is 8.36. The van der Waals surface area contributed by atoms with Crippen molar-refractivity contribution < 1.29 is 9.59 Å². The minimum absolute atomic E-state index is 0.177. The molecule has 0 aromatic rings. The van der Waals surface area contributed by atoms with E-state index >= 15 is 0 Å². The molecule has 3 fully saturated rings. The first-order valence-corrected chi connectivity index (χ1v) is 8.36. The summed E-state index contributed by atoms with van der Waals surface area (Å²) in [5, 5.41) is 0. The second kappa shape index (κ2) is 5.95. The molecule has 0 saturated carbocycles. The summed E-state index contributed by atoms with van der Waals surface area (Å²) in [5.74, 6) is 0.871. The molecule has 5 heteroatoms. The number of carbonyl (C=O) groups excluding carboxylic acids is 2. The summed E-state index contributed by atoms with van der Waals surface area (Å²) < 4.78 is 0. The van der Waals surface area contributed by atoms with E-state index in [1.165, 1.54) is 0 Å². The van der Waals surface area contributed by atoms with Crippen molar-refractivity contribution in [1.82, 2.24) is 14.7 Å². The Hall–Kier alpha value is -1.10. The highest BCUT2D eigenvalue weighted by Gasteiger charge is 2.41. The fraction of sp³-hybridized carbons (Fsp3) is 0.875. The van der Waals surface area contributed by atoms with E-state index in [1.807, 2.05) is 9.80 Å². The molecule has 3 unspecified atom stereocenters. The van der Waals surface area contributed by atoms with Crippen molar-refractivity contribution in [2.45, 2.75) is 51.1 Å². The zero-order valence-corrected chi connectivity index (χ0v) is 13.3. The zero-order valence-electron chi connectivity index (χ0n) is 13.3. The fourth-order valence-corrected chi connectivity index (χ4v) is 4.28. The van der Waals surface area contributed by atoms with Gasteiger partial charge >= 0.3 is 0 Å². The molecule has 5 nitrogen and oxygen atoms in total. The molecular formula is C16H27N3O2. The Bertz CT molecular complexity index is 426. The van der Waals surface area contributed by atoms with Crippen LogP contribution in [0.5, 0.6) is 0 Å². The number of hydrogen-bond donors (Lipinski definition) is 0. The molecule has 0 N–H and O–H groups in total. The molecule has 2 amide bonds. The summed E-state index contributed by atoms with van der Waals surface area (Å²) in [6, 6.07) is 0.129. The van der Waals surface area contributed by atoms with Crippen LogP contribution >= 0.6 is 0 Å². The SMILES string of the molecule is CC1CN(C)CCC1N1CCC(=O)N2CCCCC2C1=O. The predicted octanol–water partition coefficient (Wildman–Crippen LogP) is 0.940. The van der Waals surface area contributed by atoms with Crippen LogP contribution in [0, 0.1) is 5.92 Å². The topological polar surface area (TPSA) is 43.9 Å². The Morgan fingerprint density at radius 3 is 2.57 bits per heavy atom. The van der Waals surface area contributed by atoms with E-state index in [4.69, 9.17) is 0 Å². The highest BCUT2D eigenvalue weighted by atomic mass is 16.2. The molecule has 0 aliphatic carbocycles. The third-order valence-corrected chi connectivity index (χ3v) is 5.42. The van der Waals surface area contributed by atoms with Crippen molar-refractivity contribution in [1.29, 1.82) is 0 Å². The fourth-order valence-electron chi connectivity index (χ4n) is 4.28. The Morgan fingerprint density at radius 2 is 1.81 bits per heavy atom. The molecule has 118 valence electrons. The van der Waals surface area contributed by atoms with Gasteiger partial charge in [0.2, 0.25) is 11.8 Å². The van der Waals surface area contributed by atoms with Gasteiger partial charge in [-0.05, 0) is 45.2 Å². The van der Waals surface area contributed by atoms with E-state index in [2.05, 4.69) is 18.9 Å². The third-order valence-electron chi connectivity index (χ3n) is 5.42. The summed E-state index contributed by atoms with van der Waals surface area (Å²) in [4.78, 5) is 31.5. The molecule has 0 radical (unpaired) electrons. The van der Waals surface area contributed by atoms with Crippen LogP contribution in [-0.4, -0.2) is 71.8 Å². The Labute approximate surface area is 127 Å². The van der Waals surface area contributed by atoms with Crippen molar-refractivity contribution in [3.63, 3.8) is 0 Å². The molecule has 0 aromatic carbocycles. The van der Waals surface area contributed by atoms with Crippen LogP contribution in [0.4, 0.5) is 0 Å². The van der Waals surface area contributed by atoms with Crippen LogP contribution in [0.25, 0.3) is 0 Å². The van der Waals surface area contributed by atoms with E-state index < -0.39 is 0 Å². The normalized spacial score (nSPS) is 35.6. The van der Waals surface area contributed by atoms with E-state index in [1.54, 1.807) is 0 Å². The predicted molar refractivity (Wildman–Crippen MR) is 80.7 cm³/mol. The van der Waals surface area contributed by atoms with Crippen molar-refractivity contribution in [2.75, 3.05) is 33.2 Å². The average molecular weight is 293 g/mol. The van der Waals surface area contributed by atoms with Crippen LogP contribution in [0.2, 0.25) is 0 Å². The summed E-state index contributed by atoms with van der Waals surface area (Å²) in [6.45, 7) is 5.70. The van der Waals surface area contributed by atoms with Crippen LogP contribution in [0.3, 0.4) is 0 Å². The van der Waals surface area contributed by atoms with Gasteiger partial charge in [-0.1, -0.05) is 6.92 Å². The van der Waals surface area contributed by atoms with Gasteiger partial charge in [-0.15, -0.1) is 0 Å². The van der Waals surface area contributed by atoms with Crippen molar-refractivity contribution >= 4 is 11.8 Å². The van der Waals surface area contributed by atoms with Gasteiger partial charge in [-0.2, -0.15) is 0 Å². The van der Waals surface area contributed by atoms with Gasteiger partial charge in [0.05, 0.1) is 0 Å². The first kappa shape index (κ1) is 14.8. The van der Waals surface area contributed by atoms with Crippen molar-refractivity contribution in [3.05, 3.63) is 0 Å². The molecule has 0 aromatic heterocycles. The number of nitrogens with zero attached hydrogens (tertiary/aromatic N) is 3. The minimum Gasteiger partial charge on any atom is -0.337 e. The van der Waals surface area contributed by atoms with Gasteiger partial charge in [0.25, 0.3) is 0 Å². The first-order chi connectivity index (χ1) is 10.1. The Kier molecular flexibility index (Phi) is 4.20. The Balaban J connectivity index is 1.79. The van der Waals surface area contributed by atoms with Crippen LogP contribution in [0.15, 0.2) is 0 Å². The van der Waals surface area contributed by atoms with Crippen molar-refractivity contribution in [3.8, 4) is 0 Å². The second-order valence-corrected chi connectivity index (χ2v) is 6.98. The maximum absolute atomic E-state index is 13.0. The molecular weight excluding hydrogens is 266 g/mol. The quantitative estimate of drug-likeness (QED) is 0.723. The van der Waals surface area contributed by atoms with Gasteiger partial charge in [0.15, 0.2) is 0 Å².